The van der Waals surface area contributed by atoms with Gasteiger partial charge in [-0.25, -0.2) is 0 Å². The van der Waals surface area contributed by atoms with Gasteiger partial charge in [0.25, 0.3) is 5.56 Å². The lowest BCUT2D eigenvalue weighted by Crippen LogP contribution is -2.46. The molecule has 0 unspecified atom stereocenters. The lowest BCUT2D eigenvalue weighted by atomic mass is 10.1. The number of aromatic amines is 2. The van der Waals surface area contributed by atoms with Gasteiger partial charge in [-0.3, -0.25) is 14.6 Å². The molecular formula is C18H32N8O4. The SMILES string of the molecule is CC(N)(N)CCC(=O)NCCOCCOCCNCc1c[nH]c2nc(N)[nH]c(=O)c12. The Kier molecular flexibility index (Phi) is 9.20. The number of nitrogen functional groups attached to an aromatic ring is 1. The maximum Gasteiger partial charge on any atom is 0.262 e. The van der Waals surface area contributed by atoms with Gasteiger partial charge in [0.05, 0.1) is 37.5 Å². The van der Waals surface area contributed by atoms with Crippen LogP contribution in [0.3, 0.4) is 0 Å². The van der Waals surface area contributed by atoms with Crippen LogP contribution < -0.4 is 33.4 Å². The zero-order valence-electron chi connectivity index (χ0n) is 17.3. The molecule has 0 atom stereocenters. The number of anilines is 1. The Morgan fingerprint density at radius 2 is 1.90 bits per heavy atom. The second-order valence-corrected chi connectivity index (χ2v) is 7.25. The van der Waals surface area contributed by atoms with E-state index in [9.17, 15) is 9.59 Å². The second kappa shape index (κ2) is 11.6. The summed E-state index contributed by atoms with van der Waals surface area (Å²) in [5.41, 5.74) is 17.0. The molecule has 30 heavy (non-hydrogen) atoms. The van der Waals surface area contributed by atoms with Crippen molar-refractivity contribution >= 4 is 22.9 Å². The summed E-state index contributed by atoms with van der Waals surface area (Å²) in [6.07, 6.45) is 2.44. The van der Waals surface area contributed by atoms with Crippen LogP contribution in [0.2, 0.25) is 0 Å². The molecule has 0 bridgehead atoms. The monoisotopic (exact) mass is 424 g/mol. The van der Waals surface area contributed by atoms with E-state index in [0.29, 0.717) is 63.5 Å². The molecule has 2 rings (SSSR count). The molecule has 0 saturated carbocycles. The molecule has 10 N–H and O–H groups in total. The minimum atomic E-state index is -0.835. The summed E-state index contributed by atoms with van der Waals surface area (Å²) < 4.78 is 10.9. The average Bonchev–Trinajstić information content (AvgIpc) is 3.07. The number of H-pyrrole nitrogens is 2. The van der Waals surface area contributed by atoms with E-state index in [1.807, 2.05) is 0 Å². The predicted molar refractivity (Wildman–Crippen MR) is 113 cm³/mol. The van der Waals surface area contributed by atoms with E-state index in [0.717, 1.165) is 5.56 Å². The van der Waals surface area contributed by atoms with Gasteiger partial charge in [-0.15, -0.1) is 0 Å². The van der Waals surface area contributed by atoms with Gasteiger partial charge in [-0.2, -0.15) is 4.98 Å². The van der Waals surface area contributed by atoms with Crippen LogP contribution in [0.4, 0.5) is 5.95 Å². The quantitative estimate of drug-likeness (QED) is 0.139. The summed E-state index contributed by atoms with van der Waals surface area (Å²) in [4.78, 5) is 33.0. The highest BCUT2D eigenvalue weighted by molar-refractivity contribution is 5.79. The molecule has 0 aliphatic rings. The number of hydrogen-bond donors (Lipinski definition) is 7. The summed E-state index contributed by atoms with van der Waals surface area (Å²) in [5, 5.41) is 6.45. The molecule has 0 spiro atoms. The maximum absolute atomic E-state index is 12.0. The van der Waals surface area contributed by atoms with Gasteiger partial charge >= 0.3 is 0 Å². The molecule has 0 aromatic carbocycles. The second-order valence-electron chi connectivity index (χ2n) is 7.25. The lowest BCUT2D eigenvalue weighted by molar-refractivity contribution is -0.121. The average molecular weight is 425 g/mol. The molecule has 12 heteroatoms. The first-order valence-corrected chi connectivity index (χ1v) is 9.82. The standard InChI is InChI=1S/C18H32N8O4/c1-18(20,21)3-2-13(27)23-5-7-30-9-8-29-6-4-22-10-12-11-24-15-14(12)16(28)26-17(19)25-15/h11,22H,2-10,20-21H2,1H3,(H,23,27)(H4,19,24,25,26,28). The largest absolute Gasteiger partial charge is 0.378 e. The van der Waals surface area contributed by atoms with E-state index in [1.54, 1.807) is 13.1 Å². The first-order chi connectivity index (χ1) is 14.3. The van der Waals surface area contributed by atoms with Crippen molar-refractivity contribution in [1.82, 2.24) is 25.6 Å². The third kappa shape index (κ3) is 8.47. The Labute approximate surface area is 174 Å². The fourth-order valence-electron chi connectivity index (χ4n) is 2.68. The number of ether oxygens (including phenoxy) is 2. The minimum Gasteiger partial charge on any atom is -0.378 e. The Hall–Kier alpha value is -2.51. The van der Waals surface area contributed by atoms with Crippen LogP contribution >= 0.6 is 0 Å². The number of nitrogens with zero attached hydrogens (tertiary/aromatic N) is 1. The normalized spacial score (nSPS) is 11.8. The van der Waals surface area contributed by atoms with Gasteiger partial charge in [0.1, 0.15) is 5.65 Å². The summed E-state index contributed by atoms with van der Waals surface area (Å²) in [6.45, 7) is 5.01. The first-order valence-electron chi connectivity index (χ1n) is 9.82. The Balaban J connectivity index is 1.47. The van der Waals surface area contributed by atoms with Crippen LogP contribution in [0, 0.1) is 0 Å². The number of carbonyl (C=O) groups is 1. The van der Waals surface area contributed by atoms with E-state index in [2.05, 4.69) is 25.6 Å². The number of rotatable bonds is 14. The van der Waals surface area contributed by atoms with Crippen LogP contribution in [0.25, 0.3) is 11.0 Å². The molecule has 1 amide bonds. The molecule has 0 aliphatic heterocycles. The van der Waals surface area contributed by atoms with Crippen molar-refractivity contribution in [2.24, 2.45) is 11.5 Å². The van der Waals surface area contributed by atoms with Crippen LogP contribution in [0.1, 0.15) is 25.3 Å². The van der Waals surface area contributed by atoms with Crippen molar-refractivity contribution in [2.75, 3.05) is 45.3 Å². The Morgan fingerprint density at radius 3 is 2.60 bits per heavy atom. The molecule has 168 valence electrons. The van der Waals surface area contributed by atoms with Crippen molar-refractivity contribution in [3.05, 3.63) is 22.1 Å². The van der Waals surface area contributed by atoms with E-state index >= 15 is 0 Å². The molecule has 2 aromatic heterocycles. The third-order valence-corrected chi connectivity index (χ3v) is 4.21. The van der Waals surface area contributed by atoms with E-state index < -0.39 is 5.66 Å². The number of nitrogens with two attached hydrogens (primary N) is 3. The van der Waals surface area contributed by atoms with Gasteiger partial charge < -0.3 is 42.3 Å². The maximum atomic E-state index is 12.0. The molecule has 2 aromatic rings. The van der Waals surface area contributed by atoms with Crippen molar-refractivity contribution in [3.63, 3.8) is 0 Å². The van der Waals surface area contributed by atoms with Crippen LogP contribution in [-0.2, 0) is 20.8 Å². The predicted octanol–water partition coefficient (Wildman–Crippen LogP) is -1.51. The van der Waals surface area contributed by atoms with Crippen LogP contribution in [0.5, 0.6) is 0 Å². The minimum absolute atomic E-state index is 0.0811. The summed E-state index contributed by atoms with van der Waals surface area (Å²) in [6, 6.07) is 0. The summed E-state index contributed by atoms with van der Waals surface area (Å²) in [5.74, 6) is -0.0166. The van der Waals surface area contributed by atoms with Gasteiger partial charge in [-0.1, -0.05) is 0 Å². The fourth-order valence-corrected chi connectivity index (χ4v) is 2.68. The number of aromatic nitrogens is 3. The van der Waals surface area contributed by atoms with Crippen molar-refractivity contribution in [2.45, 2.75) is 32.0 Å². The van der Waals surface area contributed by atoms with Gasteiger partial charge in [0, 0.05) is 32.3 Å². The highest BCUT2D eigenvalue weighted by atomic mass is 16.5. The van der Waals surface area contributed by atoms with Crippen LogP contribution in [0.15, 0.2) is 11.0 Å². The number of nitrogens with one attached hydrogen (secondary N) is 4. The molecule has 0 saturated heterocycles. The number of hydrogen-bond acceptors (Lipinski definition) is 9. The van der Waals surface area contributed by atoms with Crippen molar-refractivity contribution in [3.8, 4) is 0 Å². The first kappa shape index (κ1) is 23.8. The third-order valence-electron chi connectivity index (χ3n) is 4.21. The molecular weight excluding hydrogens is 392 g/mol. The fraction of sp³-hybridized carbons (Fsp3) is 0.611. The molecule has 2 heterocycles. The zero-order valence-corrected chi connectivity index (χ0v) is 17.3. The zero-order chi connectivity index (χ0) is 22.0. The smallest absolute Gasteiger partial charge is 0.262 e. The van der Waals surface area contributed by atoms with Crippen LogP contribution in [-0.4, -0.2) is 66.0 Å². The number of fused-ring (bicyclic) bond motifs is 1. The van der Waals surface area contributed by atoms with E-state index in [-0.39, 0.29) is 23.8 Å². The highest BCUT2D eigenvalue weighted by Crippen LogP contribution is 2.11. The molecule has 0 fully saturated rings. The Morgan fingerprint density at radius 1 is 1.20 bits per heavy atom. The number of amides is 1. The van der Waals surface area contributed by atoms with Gasteiger partial charge in [0.2, 0.25) is 11.9 Å². The molecule has 12 nitrogen and oxygen atoms in total. The van der Waals surface area contributed by atoms with E-state index in [4.69, 9.17) is 26.7 Å². The number of carbonyl (C=O) groups excluding carboxylic acids is 1. The van der Waals surface area contributed by atoms with E-state index in [1.165, 1.54) is 0 Å². The van der Waals surface area contributed by atoms with Gasteiger partial charge in [0.15, 0.2) is 0 Å². The van der Waals surface area contributed by atoms with Crippen molar-refractivity contribution in [1.29, 1.82) is 0 Å². The Bertz CT molecular complexity index is 858. The highest BCUT2D eigenvalue weighted by Gasteiger charge is 2.13. The summed E-state index contributed by atoms with van der Waals surface area (Å²) in [7, 11) is 0. The molecule has 0 radical (unpaired) electrons. The lowest BCUT2D eigenvalue weighted by Gasteiger charge is -2.17. The topological polar surface area (TPSA) is 199 Å². The summed E-state index contributed by atoms with van der Waals surface area (Å²) >= 11 is 0. The molecule has 0 aliphatic carbocycles. The van der Waals surface area contributed by atoms with Crippen molar-refractivity contribution < 1.29 is 14.3 Å². The van der Waals surface area contributed by atoms with Gasteiger partial charge in [-0.05, 0) is 18.9 Å².